The summed E-state index contributed by atoms with van der Waals surface area (Å²) >= 11 is 0. The molecule has 9 nitrogen and oxygen atoms in total. The van der Waals surface area contributed by atoms with Crippen LogP contribution in [0.4, 0.5) is 0 Å². The highest BCUT2D eigenvalue weighted by atomic mass is 16.7. The Morgan fingerprint density at radius 1 is 0.898 bits per heavy atom. The molecule has 9 heteroatoms. The van der Waals surface area contributed by atoms with Gasteiger partial charge in [-0.3, -0.25) is 9.78 Å². The van der Waals surface area contributed by atoms with Crippen molar-refractivity contribution in [3.63, 3.8) is 0 Å². The van der Waals surface area contributed by atoms with Crippen LogP contribution in [-0.4, -0.2) is 57.4 Å². The Morgan fingerprint density at radius 2 is 1.67 bits per heavy atom. The Bertz CT molecular complexity index is 1820. The first-order valence-electron chi connectivity index (χ1n) is 16.4. The second-order valence-electron chi connectivity index (χ2n) is 12.4. The first-order valence-corrected chi connectivity index (χ1v) is 16.4. The minimum absolute atomic E-state index is 0.0260. The third kappa shape index (κ3) is 8.97. The Balaban J connectivity index is 1.15. The van der Waals surface area contributed by atoms with Crippen molar-refractivity contribution in [3.8, 4) is 16.9 Å². The van der Waals surface area contributed by atoms with Crippen LogP contribution in [0.3, 0.4) is 0 Å². The molecule has 5 aromatic rings. The standard InChI is InChI=1S/C40H41N3O6/c1-43(25-37(46)33-7-3-9-35(45)20-33)24-36-21-38(30-12-10-27(26-44)11-13-30)49-40(48-36)31-16-14-29(15-17-31)32-6-2-5-28(19-32)22-42-39(47)34-8-4-18-41-23-34/h2-20,23,36-38,40,44-46H,21-22,24-26H2,1H3,(H,42,47)/t36-,37-,38+,40+/m1/s1. The second kappa shape index (κ2) is 16.0. The third-order valence-electron chi connectivity index (χ3n) is 8.69. The van der Waals surface area contributed by atoms with E-state index < -0.39 is 12.4 Å². The number of aromatic hydroxyl groups is 1. The number of carbonyl (C=O) groups excluding carboxylic acids is 1. The number of pyridine rings is 1. The minimum atomic E-state index is -0.766. The van der Waals surface area contributed by atoms with Gasteiger partial charge in [-0.2, -0.15) is 0 Å². The van der Waals surface area contributed by atoms with E-state index in [1.165, 1.54) is 0 Å². The van der Waals surface area contributed by atoms with Crippen molar-refractivity contribution in [1.82, 2.24) is 15.2 Å². The molecular formula is C40H41N3O6. The summed E-state index contributed by atoms with van der Waals surface area (Å²) in [6, 6.07) is 34.1. The average molecular weight is 660 g/mol. The van der Waals surface area contributed by atoms with Gasteiger partial charge in [-0.25, -0.2) is 0 Å². The fourth-order valence-electron chi connectivity index (χ4n) is 6.06. The van der Waals surface area contributed by atoms with E-state index in [2.05, 4.69) is 16.4 Å². The molecule has 6 rings (SSSR count). The second-order valence-corrected chi connectivity index (χ2v) is 12.4. The van der Waals surface area contributed by atoms with E-state index in [4.69, 9.17) is 9.47 Å². The Hall–Kier alpha value is -4.90. The lowest BCUT2D eigenvalue weighted by Crippen LogP contribution is -2.39. The number of ether oxygens (including phenoxy) is 2. The Morgan fingerprint density at radius 3 is 2.41 bits per heavy atom. The summed E-state index contributed by atoms with van der Waals surface area (Å²) in [4.78, 5) is 18.5. The van der Waals surface area contributed by atoms with E-state index in [0.29, 0.717) is 37.2 Å². The van der Waals surface area contributed by atoms with Crippen molar-refractivity contribution in [2.45, 2.75) is 44.2 Å². The van der Waals surface area contributed by atoms with E-state index in [0.717, 1.165) is 33.4 Å². The van der Waals surface area contributed by atoms with E-state index in [-0.39, 0.29) is 30.5 Å². The fourth-order valence-corrected chi connectivity index (χ4v) is 6.06. The molecule has 4 atom stereocenters. The van der Waals surface area contributed by atoms with Gasteiger partial charge in [0, 0.05) is 44.0 Å². The van der Waals surface area contributed by atoms with Crippen LogP contribution in [0.2, 0.25) is 0 Å². The van der Waals surface area contributed by atoms with Gasteiger partial charge in [-0.05, 0) is 70.8 Å². The molecule has 4 N–H and O–H groups in total. The summed E-state index contributed by atoms with van der Waals surface area (Å²) in [5.41, 5.74) is 6.92. The summed E-state index contributed by atoms with van der Waals surface area (Å²) in [5.74, 6) is -0.0518. The van der Waals surface area contributed by atoms with Crippen molar-refractivity contribution < 1.29 is 29.6 Å². The van der Waals surface area contributed by atoms with E-state index >= 15 is 0 Å². The summed E-state index contributed by atoms with van der Waals surface area (Å²) in [7, 11) is 1.94. The van der Waals surface area contributed by atoms with Crippen molar-refractivity contribution in [2.75, 3.05) is 20.1 Å². The lowest BCUT2D eigenvalue weighted by molar-refractivity contribution is -0.252. The molecular weight excluding hydrogens is 618 g/mol. The van der Waals surface area contributed by atoms with Crippen molar-refractivity contribution in [1.29, 1.82) is 0 Å². The van der Waals surface area contributed by atoms with Gasteiger partial charge in [0.05, 0.1) is 30.5 Å². The van der Waals surface area contributed by atoms with Gasteiger partial charge in [0.1, 0.15) is 5.75 Å². The van der Waals surface area contributed by atoms with E-state index in [1.54, 1.807) is 48.8 Å². The van der Waals surface area contributed by atoms with Gasteiger partial charge >= 0.3 is 0 Å². The van der Waals surface area contributed by atoms with Crippen LogP contribution >= 0.6 is 0 Å². The van der Waals surface area contributed by atoms with Crippen LogP contribution in [0.25, 0.3) is 11.1 Å². The average Bonchev–Trinajstić information content (AvgIpc) is 3.14. The smallest absolute Gasteiger partial charge is 0.253 e. The number of amides is 1. The van der Waals surface area contributed by atoms with Crippen LogP contribution in [0.15, 0.2) is 122 Å². The van der Waals surface area contributed by atoms with Crippen molar-refractivity contribution >= 4 is 5.91 Å². The largest absolute Gasteiger partial charge is 0.508 e. The molecule has 1 amide bonds. The summed E-state index contributed by atoms with van der Waals surface area (Å²) in [5, 5.41) is 33.2. The Labute approximate surface area is 286 Å². The molecule has 1 saturated heterocycles. The van der Waals surface area contributed by atoms with Crippen LogP contribution in [0.5, 0.6) is 5.75 Å². The maximum atomic E-state index is 12.5. The number of aliphatic hydroxyl groups excluding tert-OH is 2. The molecule has 0 bridgehead atoms. The number of hydrogen-bond acceptors (Lipinski definition) is 8. The van der Waals surface area contributed by atoms with Crippen LogP contribution in [-0.2, 0) is 22.6 Å². The number of nitrogens with one attached hydrogen (secondary N) is 1. The highest BCUT2D eigenvalue weighted by Crippen LogP contribution is 2.39. The molecule has 49 heavy (non-hydrogen) atoms. The molecule has 1 aliphatic rings. The molecule has 0 saturated carbocycles. The molecule has 1 aliphatic heterocycles. The zero-order valence-corrected chi connectivity index (χ0v) is 27.4. The van der Waals surface area contributed by atoms with E-state index in [9.17, 15) is 20.1 Å². The predicted octanol–water partition coefficient (Wildman–Crippen LogP) is 6.09. The number of rotatable bonds is 12. The molecule has 0 radical (unpaired) electrons. The van der Waals surface area contributed by atoms with Gasteiger partial charge in [-0.1, -0.05) is 78.9 Å². The molecule has 0 spiro atoms. The summed E-state index contributed by atoms with van der Waals surface area (Å²) in [6.07, 6.45) is 1.99. The number of likely N-dealkylation sites (N-methyl/N-ethyl adjacent to an activating group) is 1. The van der Waals surface area contributed by atoms with Crippen LogP contribution in [0.1, 0.15) is 63.1 Å². The monoisotopic (exact) mass is 659 g/mol. The zero-order chi connectivity index (χ0) is 34.2. The minimum Gasteiger partial charge on any atom is -0.508 e. The summed E-state index contributed by atoms with van der Waals surface area (Å²) < 4.78 is 13.1. The van der Waals surface area contributed by atoms with Gasteiger partial charge in [0.15, 0.2) is 6.29 Å². The quantitative estimate of drug-likeness (QED) is 0.127. The number of aromatic nitrogens is 1. The third-order valence-corrected chi connectivity index (χ3v) is 8.69. The molecule has 1 fully saturated rings. The van der Waals surface area contributed by atoms with Gasteiger partial charge in [0.25, 0.3) is 5.91 Å². The van der Waals surface area contributed by atoms with Crippen molar-refractivity contribution in [3.05, 3.63) is 155 Å². The van der Waals surface area contributed by atoms with Gasteiger partial charge in [0.2, 0.25) is 0 Å². The van der Waals surface area contributed by atoms with Gasteiger partial charge < -0.3 is 35.0 Å². The lowest BCUT2D eigenvalue weighted by Gasteiger charge is -2.38. The number of hydrogen-bond donors (Lipinski definition) is 4. The van der Waals surface area contributed by atoms with Crippen LogP contribution < -0.4 is 5.32 Å². The maximum absolute atomic E-state index is 12.5. The number of nitrogens with zero attached hydrogens (tertiary/aromatic N) is 2. The number of phenolic OH excluding ortho intramolecular Hbond substituents is 1. The first-order chi connectivity index (χ1) is 23.8. The number of aliphatic hydroxyl groups is 2. The number of benzene rings is 4. The number of phenols is 1. The SMILES string of the molecule is CN(C[C@H]1C[C@@H](c2ccc(CO)cc2)O[C@@H](c2ccc(-c3cccc(CNC(=O)c4cccnc4)c3)cc2)O1)C[C@@H](O)c1cccc(O)c1. The molecule has 4 aromatic carbocycles. The van der Waals surface area contributed by atoms with Gasteiger partial charge in [-0.15, -0.1) is 0 Å². The highest BCUT2D eigenvalue weighted by Gasteiger charge is 2.33. The lowest BCUT2D eigenvalue weighted by atomic mass is 9.98. The molecule has 0 unspecified atom stereocenters. The Kier molecular flexibility index (Phi) is 11.1. The van der Waals surface area contributed by atoms with Crippen LogP contribution in [0, 0.1) is 0 Å². The molecule has 0 aliphatic carbocycles. The van der Waals surface area contributed by atoms with E-state index in [1.807, 2.05) is 78.7 Å². The summed E-state index contributed by atoms with van der Waals surface area (Å²) in [6.45, 7) is 1.29. The van der Waals surface area contributed by atoms with Crippen molar-refractivity contribution in [2.24, 2.45) is 0 Å². The predicted molar refractivity (Wildman–Crippen MR) is 186 cm³/mol. The first kappa shape index (κ1) is 34.0. The number of carbonyl (C=O) groups is 1. The molecule has 1 aromatic heterocycles. The maximum Gasteiger partial charge on any atom is 0.253 e. The highest BCUT2D eigenvalue weighted by molar-refractivity contribution is 5.93. The topological polar surface area (TPSA) is 124 Å². The zero-order valence-electron chi connectivity index (χ0n) is 27.4. The fraction of sp³-hybridized carbons (Fsp3) is 0.250. The normalized spacial score (nSPS) is 18.2. The molecule has 2 heterocycles. The molecule has 252 valence electrons.